The maximum absolute atomic E-state index is 11.9. The lowest BCUT2D eigenvalue weighted by molar-refractivity contribution is -0.136. The van der Waals surface area contributed by atoms with Gasteiger partial charge in [0.2, 0.25) is 0 Å². The Morgan fingerprint density at radius 1 is 0.913 bits per heavy atom. The van der Waals surface area contributed by atoms with Gasteiger partial charge in [0.05, 0.1) is 0 Å². The topological polar surface area (TPSA) is 58.2 Å². The molecule has 0 aliphatic carbocycles. The van der Waals surface area contributed by atoms with Gasteiger partial charge < -0.3 is 10.6 Å². The smallest absolute Gasteiger partial charge is 0.313 e. The van der Waals surface area contributed by atoms with Crippen LogP contribution in [0.15, 0.2) is 18.2 Å². The minimum Gasteiger partial charge on any atom is -0.348 e. The van der Waals surface area contributed by atoms with Crippen LogP contribution < -0.4 is 10.6 Å². The van der Waals surface area contributed by atoms with Crippen molar-refractivity contribution in [1.29, 1.82) is 0 Å². The zero-order chi connectivity index (χ0) is 17.1. The number of hydrogen-bond donors (Lipinski definition) is 2. The predicted octanol–water partition coefficient (Wildman–Crippen LogP) is 4.11. The number of amides is 2. The van der Waals surface area contributed by atoms with Gasteiger partial charge in [-0.2, -0.15) is 0 Å². The fraction of sp³-hybridized carbons (Fsp3) is 0.579. The molecule has 2 N–H and O–H groups in total. The van der Waals surface area contributed by atoms with Crippen molar-refractivity contribution in [3.63, 3.8) is 0 Å². The highest BCUT2D eigenvalue weighted by Crippen LogP contribution is 2.15. The summed E-state index contributed by atoms with van der Waals surface area (Å²) in [6.45, 7) is 6.68. The second-order valence-corrected chi connectivity index (χ2v) is 6.15. The van der Waals surface area contributed by atoms with Crippen LogP contribution in [-0.4, -0.2) is 18.4 Å². The summed E-state index contributed by atoms with van der Waals surface area (Å²) in [6.07, 6.45) is 8.33. The van der Waals surface area contributed by atoms with Crippen molar-refractivity contribution in [3.05, 3.63) is 29.3 Å². The van der Waals surface area contributed by atoms with Crippen LogP contribution >= 0.6 is 0 Å². The van der Waals surface area contributed by atoms with Gasteiger partial charge in [0, 0.05) is 12.2 Å². The molecular formula is C19H30N2O2. The third-order valence-electron chi connectivity index (χ3n) is 3.90. The summed E-state index contributed by atoms with van der Waals surface area (Å²) in [6, 6.07) is 5.72. The number of carbonyl (C=O) groups is 2. The van der Waals surface area contributed by atoms with E-state index in [1.54, 1.807) is 0 Å². The first-order chi connectivity index (χ1) is 11.0. The molecule has 4 heteroatoms. The maximum atomic E-state index is 11.9. The summed E-state index contributed by atoms with van der Waals surface area (Å²) in [5.74, 6) is -1.16. The summed E-state index contributed by atoms with van der Waals surface area (Å²) >= 11 is 0. The fourth-order valence-corrected chi connectivity index (χ4v) is 2.50. The van der Waals surface area contributed by atoms with E-state index in [4.69, 9.17) is 0 Å². The van der Waals surface area contributed by atoms with Crippen molar-refractivity contribution in [2.45, 2.75) is 65.7 Å². The molecule has 1 aromatic carbocycles. The lowest BCUT2D eigenvalue weighted by atomic mass is 10.1. The lowest BCUT2D eigenvalue weighted by Crippen LogP contribution is -2.36. The molecule has 4 nitrogen and oxygen atoms in total. The van der Waals surface area contributed by atoms with E-state index in [0.29, 0.717) is 12.2 Å². The Balaban J connectivity index is 2.20. The molecule has 0 aromatic heterocycles. The van der Waals surface area contributed by atoms with E-state index in [-0.39, 0.29) is 0 Å². The van der Waals surface area contributed by atoms with Gasteiger partial charge in [-0.3, -0.25) is 9.59 Å². The van der Waals surface area contributed by atoms with E-state index >= 15 is 0 Å². The molecule has 0 atom stereocenters. The monoisotopic (exact) mass is 318 g/mol. The van der Waals surface area contributed by atoms with E-state index in [9.17, 15) is 9.59 Å². The molecule has 2 amide bonds. The number of anilines is 1. The Kier molecular flexibility index (Phi) is 9.03. The van der Waals surface area contributed by atoms with Crippen LogP contribution in [0.5, 0.6) is 0 Å². The number of hydrogen-bond acceptors (Lipinski definition) is 2. The van der Waals surface area contributed by atoms with Crippen LogP contribution in [0.1, 0.15) is 63.0 Å². The van der Waals surface area contributed by atoms with E-state index in [1.165, 1.54) is 32.1 Å². The zero-order valence-corrected chi connectivity index (χ0v) is 14.7. The Morgan fingerprint density at radius 2 is 1.57 bits per heavy atom. The van der Waals surface area contributed by atoms with E-state index in [2.05, 4.69) is 17.6 Å². The number of benzene rings is 1. The summed E-state index contributed by atoms with van der Waals surface area (Å²) in [4.78, 5) is 23.6. The summed E-state index contributed by atoms with van der Waals surface area (Å²) < 4.78 is 0. The minimum atomic E-state index is -0.597. The van der Waals surface area contributed by atoms with Crippen LogP contribution in [0.2, 0.25) is 0 Å². The highest BCUT2D eigenvalue weighted by atomic mass is 16.2. The third-order valence-corrected chi connectivity index (χ3v) is 3.90. The van der Waals surface area contributed by atoms with Gasteiger partial charge in [-0.25, -0.2) is 0 Å². The first-order valence-electron chi connectivity index (χ1n) is 8.71. The fourth-order valence-electron chi connectivity index (χ4n) is 2.50. The number of carbonyl (C=O) groups excluding carboxylic acids is 2. The molecule has 0 bridgehead atoms. The molecule has 23 heavy (non-hydrogen) atoms. The highest BCUT2D eigenvalue weighted by Gasteiger charge is 2.13. The van der Waals surface area contributed by atoms with E-state index < -0.39 is 11.8 Å². The standard InChI is InChI=1S/C19H30N2O2/c1-4-5-6-7-8-9-10-13-20-18(22)19(23)21-17-12-11-15(2)14-16(17)3/h11-12,14H,4-10,13H2,1-3H3,(H,20,22)(H,21,23). The minimum absolute atomic E-state index is 0.559. The highest BCUT2D eigenvalue weighted by molar-refractivity contribution is 6.39. The second-order valence-electron chi connectivity index (χ2n) is 6.15. The molecule has 0 aliphatic rings. The van der Waals surface area contributed by atoms with Gasteiger partial charge in [-0.15, -0.1) is 0 Å². The van der Waals surface area contributed by atoms with Crippen molar-refractivity contribution in [1.82, 2.24) is 5.32 Å². The van der Waals surface area contributed by atoms with Crippen molar-refractivity contribution >= 4 is 17.5 Å². The lowest BCUT2D eigenvalue weighted by Gasteiger charge is -2.09. The predicted molar refractivity (Wildman–Crippen MR) is 95.5 cm³/mol. The van der Waals surface area contributed by atoms with Crippen molar-refractivity contribution in [2.75, 3.05) is 11.9 Å². The molecule has 128 valence electrons. The van der Waals surface area contributed by atoms with Crippen LogP contribution in [0.4, 0.5) is 5.69 Å². The molecule has 0 fully saturated rings. The molecular weight excluding hydrogens is 288 g/mol. The number of nitrogens with one attached hydrogen (secondary N) is 2. The molecule has 0 aliphatic heterocycles. The Labute approximate surface area is 140 Å². The first kappa shape index (κ1) is 19.2. The molecule has 1 rings (SSSR count). The quantitative estimate of drug-likeness (QED) is 0.532. The Hall–Kier alpha value is -1.84. The summed E-state index contributed by atoms with van der Waals surface area (Å²) in [7, 11) is 0. The van der Waals surface area contributed by atoms with Gasteiger partial charge in [-0.05, 0) is 31.9 Å². The van der Waals surface area contributed by atoms with Crippen molar-refractivity contribution in [2.24, 2.45) is 0 Å². The van der Waals surface area contributed by atoms with Gasteiger partial charge in [0.25, 0.3) is 0 Å². The van der Waals surface area contributed by atoms with E-state index in [0.717, 1.165) is 24.0 Å². The molecule has 1 aromatic rings. The average Bonchev–Trinajstić information content (AvgIpc) is 2.52. The molecule has 0 radical (unpaired) electrons. The number of rotatable bonds is 9. The normalized spacial score (nSPS) is 10.4. The molecule has 0 unspecified atom stereocenters. The maximum Gasteiger partial charge on any atom is 0.313 e. The van der Waals surface area contributed by atoms with Crippen LogP contribution in [0, 0.1) is 13.8 Å². The SMILES string of the molecule is CCCCCCCCCNC(=O)C(=O)Nc1ccc(C)cc1C. The Bertz CT molecular complexity index is 512. The number of aryl methyl sites for hydroxylation is 2. The second kappa shape index (κ2) is 10.8. The molecule has 0 heterocycles. The van der Waals surface area contributed by atoms with Gasteiger partial charge >= 0.3 is 11.8 Å². The average molecular weight is 318 g/mol. The van der Waals surface area contributed by atoms with Crippen LogP contribution in [-0.2, 0) is 9.59 Å². The first-order valence-corrected chi connectivity index (χ1v) is 8.71. The van der Waals surface area contributed by atoms with Crippen molar-refractivity contribution < 1.29 is 9.59 Å². The Morgan fingerprint density at radius 3 is 2.22 bits per heavy atom. The van der Waals surface area contributed by atoms with E-state index in [1.807, 2.05) is 32.0 Å². The van der Waals surface area contributed by atoms with Crippen molar-refractivity contribution in [3.8, 4) is 0 Å². The summed E-state index contributed by atoms with van der Waals surface area (Å²) in [5.41, 5.74) is 2.77. The number of unbranched alkanes of at least 4 members (excludes halogenated alkanes) is 6. The largest absolute Gasteiger partial charge is 0.348 e. The van der Waals surface area contributed by atoms with Crippen LogP contribution in [0.25, 0.3) is 0 Å². The molecule has 0 spiro atoms. The van der Waals surface area contributed by atoms with Gasteiger partial charge in [0.1, 0.15) is 0 Å². The third kappa shape index (κ3) is 7.82. The van der Waals surface area contributed by atoms with Gasteiger partial charge in [0.15, 0.2) is 0 Å². The summed E-state index contributed by atoms with van der Waals surface area (Å²) in [5, 5.41) is 5.35. The van der Waals surface area contributed by atoms with Gasteiger partial charge in [-0.1, -0.05) is 63.1 Å². The zero-order valence-electron chi connectivity index (χ0n) is 14.7. The molecule has 0 saturated carbocycles. The van der Waals surface area contributed by atoms with Crippen LogP contribution in [0.3, 0.4) is 0 Å². The molecule has 0 saturated heterocycles.